The summed E-state index contributed by atoms with van der Waals surface area (Å²) in [6.45, 7) is 14.8. The van der Waals surface area contributed by atoms with E-state index in [1.807, 2.05) is 0 Å². The highest BCUT2D eigenvalue weighted by Crippen LogP contribution is 2.31. The van der Waals surface area contributed by atoms with Crippen LogP contribution in [0.1, 0.15) is 101 Å². The highest BCUT2D eigenvalue weighted by atomic mass is 16.5. The first-order valence-corrected chi connectivity index (χ1v) is 16.2. The average molecular weight is 570 g/mol. The van der Waals surface area contributed by atoms with Crippen LogP contribution >= 0.6 is 0 Å². The van der Waals surface area contributed by atoms with E-state index in [0.717, 1.165) is 50.7 Å². The Hall–Kier alpha value is -2.18. The first-order chi connectivity index (χ1) is 19.7. The maximum Gasteiger partial charge on any atom is 0.222 e. The topological polar surface area (TPSA) is 53.1 Å². The Balaban J connectivity index is 1.86. The largest absolute Gasteiger partial charge is 0.496 e. The van der Waals surface area contributed by atoms with Crippen molar-refractivity contribution in [3.05, 3.63) is 35.4 Å². The third-order valence-electron chi connectivity index (χ3n) is 8.82. The van der Waals surface area contributed by atoms with Crippen molar-refractivity contribution in [2.24, 2.45) is 5.92 Å². The Morgan fingerprint density at radius 3 is 2.46 bits per heavy atom. The van der Waals surface area contributed by atoms with Crippen LogP contribution in [0.4, 0.5) is 0 Å². The van der Waals surface area contributed by atoms with Crippen LogP contribution in [0.15, 0.2) is 18.7 Å². The van der Waals surface area contributed by atoms with Crippen LogP contribution in [0.5, 0.6) is 5.75 Å². The summed E-state index contributed by atoms with van der Waals surface area (Å²) in [6.07, 6.45) is 12.2. The number of hydrogen-bond acceptors (Lipinski definition) is 5. The fourth-order valence-corrected chi connectivity index (χ4v) is 5.95. The summed E-state index contributed by atoms with van der Waals surface area (Å²) >= 11 is 0. The highest BCUT2D eigenvalue weighted by Gasteiger charge is 2.16. The number of allylic oxidation sites excluding steroid dienone is 1. The summed E-state index contributed by atoms with van der Waals surface area (Å²) < 4.78 is 5.84. The molecule has 0 spiro atoms. The molecule has 1 saturated heterocycles. The molecule has 6 nitrogen and oxygen atoms in total. The monoisotopic (exact) mass is 569 g/mol. The van der Waals surface area contributed by atoms with Crippen LogP contribution in [-0.4, -0.2) is 87.4 Å². The maximum absolute atomic E-state index is 12.5. The summed E-state index contributed by atoms with van der Waals surface area (Å²) in [7, 11) is 7.48. The molecule has 41 heavy (non-hydrogen) atoms. The maximum atomic E-state index is 12.5. The summed E-state index contributed by atoms with van der Waals surface area (Å²) in [6, 6.07) is 4.55. The van der Waals surface area contributed by atoms with Gasteiger partial charge in [0.25, 0.3) is 0 Å². The lowest BCUT2D eigenvalue weighted by Crippen LogP contribution is -2.29. The molecule has 0 radical (unpaired) electrons. The van der Waals surface area contributed by atoms with Crippen LogP contribution in [0.2, 0.25) is 0 Å². The Kier molecular flexibility index (Phi) is 16.3. The number of ketones is 1. The van der Waals surface area contributed by atoms with Gasteiger partial charge in [-0.15, -0.1) is 0 Å². The van der Waals surface area contributed by atoms with E-state index in [1.54, 1.807) is 26.1 Å². The number of carbonyl (C=O) groups excluding carboxylic acids is 2. The molecule has 0 aliphatic carbocycles. The Morgan fingerprint density at radius 1 is 1.00 bits per heavy atom. The molecular weight excluding hydrogens is 510 g/mol. The van der Waals surface area contributed by atoms with Gasteiger partial charge in [-0.2, -0.15) is 0 Å². The Bertz CT molecular complexity index is 958. The molecule has 1 amide bonds. The van der Waals surface area contributed by atoms with Crippen molar-refractivity contribution in [1.82, 2.24) is 14.7 Å². The van der Waals surface area contributed by atoms with E-state index in [0.29, 0.717) is 25.2 Å². The van der Waals surface area contributed by atoms with Crippen molar-refractivity contribution in [3.63, 3.8) is 0 Å². The zero-order valence-electron chi connectivity index (χ0n) is 27.2. The van der Waals surface area contributed by atoms with E-state index >= 15 is 0 Å². The normalized spacial score (nSPS) is 15.4. The van der Waals surface area contributed by atoms with Crippen molar-refractivity contribution < 1.29 is 14.3 Å². The van der Waals surface area contributed by atoms with Crippen LogP contribution in [-0.2, 0) is 22.4 Å². The molecule has 1 atom stereocenters. The number of carbonyl (C=O) groups is 2. The van der Waals surface area contributed by atoms with Gasteiger partial charge in [-0.25, -0.2) is 0 Å². The van der Waals surface area contributed by atoms with Gasteiger partial charge < -0.3 is 19.4 Å². The number of amides is 1. The van der Waals surface area contributed by atoms with E-state index in [9.17, 15) is 9.59 Å². The molecule has 1 aromatic rings. The lowest BCUT2D eigenvalue weighted by Gasteiger charge is -2.20. The number of unbranched alkanes of at least 4 members (excludes halogenated alkanes) is 2. The first-order valence-electron chi connectivity index (χ1n) is 16.2. The minimum Gasteiger partial charge on any atom is -0.496 e. The number of methoxy groups -OCH3 is 1. The predicted octanol–water partition coefficient (Wildman–Crippen LogP) is 6.65. The number of nitrogens with zero attached hydrogens (tertiary/aromatic N) is 3. The summed E-state index contributed by atoms with van der Waals surface area (Å²) in [5.41, 5.74) is 5.11. The standard InChI is InChI=1S/C35H59N3O3/c1-8-29(25-32(39)18-19-35(40)36(4)5)16-10-11-17-30-26-31(27-34(41-7)33(30)9-2)28(3)15-12-13-21-38-22-14-20-37(6)23-24-38/h26-27,29H,3,8-25H2,1-2,4-7H3. The molecule has 2 rings (SSSR count). The Morgan fingerprint density at radius 2 is 1.78 bits per heavy atom. The molecular formula is C35H59N3O3. The average Bonchev–Trinajstić information content (AvgIpc) is 3.18. The second kappa shape index (κ2) is 19.1. The SMILES string of the molecule is C=C(CCCCN1CCCN(C)CC1)c1cc(CCCCC(CC)CC(=O)CCC(=O)N(C)C)c(CC)c(OC)c1. The highest BCUT2D eigenvalue weighted by molar-refractivity contribution is 5.84. The lowest BCUT2D eigenvalue weighted by molar-refractivity contribution is -0.131. The second-order valence-electron chi connectivity index (χ2n) is 12.3. The van der Waals surface area contributed by atoms with Crippen molar-refractivity contribution >= 4 is 17.3 Å². The van der Waals surface area contributed by atoms with Crippen molar-refractivity contribution in [2.45, 2.75) is 97.3 Å². The lowest BCUT2D eigenvalue weighted by atomic mass is 9.89. The second-order valence-corrected chi connectivity index (χ2v) is 12.3. The number of ether oxygens (including phenoxy) is 1. The molecule has 0 aromatic heterocycles. The molecule has 0 saturated carbocycles. The molecule has 232 valence electrons. The number of rotatable bonds is 19. The predicted molar refractivity (Wildman–Crippen MR) is 173 cm³/mol. The van der Waals surface area contributed by atoms with E-state index in [4.69, 9.17) is 4.74 Å². The molecule has 1 fully saturated rings. The van der Waals surface area contributed by atoms with Gasteiger partial charge in [0.05, 0.1) is 7.11 Å². The summed E-state index contributed by atoms with van der Waals surface area (Å²) in [5, 5.41) is 0. The number of likely N-dealkylation sites (N-methyl/N-ethyl adjacent to an activating group) is 1. The molecule has 1 aromatic carbocycles. The smallest absolute Gasteiger partial charge is 0.222 e. The van der Waals surface area contributed by atoms with Crippen LogP contribution in [0, 0.1) is 5.92 Å². The fraction of sp³-hybridized carbons (Fsp3) is 0.714. The van der Waals surface area contributed by atoms with Gasteiger partial charge >= 0.3 is 0 Å². The van der Waals surface area contributed by atoms with Gasteiger partial charge in [0.1, 0.15) is 11.5 Å². The van der Waals surface area contributed by atoms with Gasteiger partial charge in [-0.3, -0.25) is 9.59 Å². The van der Waals surface area contributed by atoms with Gasteiger partial charge in [-0.05, 0) is 106 Å². The third-order valence-corrected chi connectivity index (χ3v) is 8.82. The molecule has 1 aliphatic rings. The van der Waals surface area contributed by atoms with E-state index in [1.165, 1.54) is 74.2 Å². The zero-order valence-corrected chi connectivity index (χ0v) is 27.2. The van der Waals surface area contributed by atoms with E-state index in [-0.39, 0.29) is 11.7 Å². The van der Waals surface area contributed by atoms with Gasteiger partial charge in [0, 0.05) is 46.4 Å². The van der Waals surface area contributed by atoms with Gasteiger partial charge in [-0.1, -0.05) is 45.8 Å². The van der Waals surface area contributed by atoms with Crippen LogP contribution < -0.4 is 4.74 Å². The summed E-state index contributed by atoms with van der Waals surface area (Å²) in [5.74, 6) is 1.63. The van der Waals surface area contributed by atoms with Gasteiger partial charge in [0.15, 0.2) is 0 Å². The molecule has 1 aliphatic heterocycles. The molecule has 1 unspecified atom stereocenters. The number of hydrogen-bond donors (Lipinski definition) is 0. The molecule has 1 heterocycles. The van der Waals surface area contributed by atoms with Crippen molar-refractivity contribution in [1.29, 1.82) is 0 Å². The Labute approximate surface area is 251 Å². The van der Waals surface area contributed by atoms with Crippen molar-refractivity contribution in [3.8, 4) is 5.75 Å². The third kappa shape index (κ3) is 12.7. The summed E-state index contributed by atoms with van der Waals surface area (Å²) in [4.78, 5) is 30.9. The number of Topliss-reactive ketones (excluding diaryl/α,β-unsaturated/α-hetero) is 1. The quantitative estimate of drug-likeness (QED) is 0.175. The molecule has 6 heteroatoms. The van der Waals surface area contributed by atoms with E-state index in [2.05, 4.69) is 49.4 Å². The molecule has 0 N–H and O–H groups in total. The molecule has 0 bridgehead atoms. The number of benzene rings is 1. The van der Waals surface area contributed by atoms with E-state index < -0.39 is 0 Å². The van der Waals surface area contributed by atoms with Crippen LogP contribution in [0.3, 0.4) is 0 Å². The van der Waals surface area contributed by atoms with Crippen LogP contribution in [0.25, 0.3) is 5.57 Å². The van der Waals surface area contributed by atoms with Gasteiger partial charge in [0.2, 0.25) is 5.91 Å². The zero-order chi connectivity index (χ0) is 30.2. The first kappa shape index (κ1) is 35.0. The fourth-order valence-electron chi connectivity index (χ4n) is 5.95. The minimum absolute atomic E-state index is 0.0273. The minimum atomic E-state index is 0.0273. The number of aryl methyl sites for hydroxylation is 1. The van der Waals surface area contributed by atoms with Crippen molar-refractivity contribution in [2.75, 3.05) is 61.0 Å².